The van der Waals surface area contributed by atoms with Gasteiger partial charge in [0.2, 0.25) is 5.91 Å². The highest BCUT2D eigenvalue weighted by molar-refractivity contribution is 6.34. The molecule has 2 atom stereocenters. The normalized spacial score (nSPS) is 13.6. The fraction of sp³-hybridized carbons (Fsp3) is 0.500. The number of amides is 2. The van der Waals surface area contributed by atoms with Gasteiger partial charge in [0, 0.05) is 18.3 Å². The van der Waals surface area contributed by atoms with Crippen molar-refractivity contribution in [3.05, 3.63) is 28.8 Å². The summed E-state index contributed by atoms with van der Waals surface area (Å²) in [6.07, 6.45) is 0. The number of carbonyl (C=O) groups excluding carboxylic acids is 2. The average molecular weight is 326 g/mol. The lowest BCUT2D eigenvalue weighted by atomic mass is 10.0. The third-order valence-corrected chi connectivity index (χ3v) is 3.67. The van der Waals surface area contributed by atoms with Crippen molar-refractivity contribution in [2.75, 3.05) is 11.9 Å². The van der Waals surface area contributed by atoms with Crippen molar-refractivity contribution in [2.24, 2.45) is 17.6 Å². The summed E-state index contributed by atoms with van der Waals surface area (Å²) in [5.41, 5.74) is 6.64. The molecule has 4 N–H and O–H groups in total. The maximum atomic E-state index is 12.0. The van der Waals surface area contributed by atoms with E-state index in [2.05, 4.69) is 10.6 Å². The second-order valence-electron chi connectivity index (χ2n) is 5.94. The van der Waals surface area contributed by atoms with Crippen molar-refractivity contribution in [3.8, 4) is 0 Å². The maximum Gasteiger partial charge on any atom is 0.252 e. The molecule has 0 saturated heterocycles. The van der Waals surface area contributed by atoms with E-state index < -0.39 is 0 Å². The van der Waals surface area contributed by atoms with Crippen LogP contribution in [0.2, 0.25) is 5.02 Å². The van der Waals surface area contributed by atoms with E-state index in [1.165, 1.54) is 0 Å². The van der Waals surface area contributed by atoms with Gasteiger partial charge in [0.15, 0.2) is 0 Å². The van der Waals surface area contributed by atoms with Crippen molar-refractivity contribution in [3.63, 3.8) is 0 Å². The smallest absolute Gasteiger partial charge is 0.252 e. The van der Waals surface area contributed by atoms with Gasteiger partial charge in [-0.2, -0.15) is 0 Å². The highest BCUT2D eigenvalue weighted by atomic mass is 35.5. The predicted octanol–water partition coefficient (Wildman–Crippen LogP) is 2.65. The minimum atomic E-state index is -0.312. The minimum absolute atomic E-state index is 0.178. The Morgan fingerprint density at radius 3 is 2.36 bits per heavy atom. The molecule has 6 heteroatoms. The number of benzene rings is 1. The topological polar surface area (TPSA) is 84.2 Å². The van der Waals surface area contributed by atoms with Crippen LogP contribution in [0.15, 0.2) is 18.2 Å². The van der Waals surface area contributed by atoms with Crippen molar-refractivity contribution in [1.29, 1.82) is 0 Å². The van der Waals surface area contributed by atoms with E-state index in [1.54, 1.807) is 32.0 Å². The second kappa shape index (κ2) is 8.15. The van der Waals surface area contributed by atoms with Crippen LogP contribution in [0.4, 0.5) is 5.69 Å². The number of carbonyl (C=O) groups is 2. The number of nitrogens with two attached hydrogens (primary N) is 1. The molecule has 0 aliphatic heterocycles. The molecule has 0 aliphatic carbocycles. The molecule has 0 saturated carbocycles. The van der Waals surface area contributed by atoms with E-state index in [0.717, 1.165) is 0 Å². The number of anilines is 1. The lowest BCUT2D eigenvalue weighted by Gasteiger charge is -2.16. The van der Waals surface area contributed by atoms with Crippen LogP contribution in [-0.2, 0) is 4.79 Å². The van der Waals surface area contributed by atoms with Crippen molar-refractivity contribution in [2.45, 2.75) is 33.7 Å². The van der Waals surface area contributed by atoms with Crippen LogP contribution in [0.25, 0.3) is 0 Å². The zero-order chi connectivity index (χ0) is 16.9. The summed E-state index contributed by atoms with van der Waals surface area (Å²) >= 11 is 6.13. The van der Waals surface area contributed by atoms with E-state index in [0.29, 0.717) is 28.7 Å². The summed E-state index contributed by atoms with van der Waals surface area (Å²) in [5, 5.41) is 5.85. The second-order valence-corrected chi connectivity index (χ2v) is 6.34. The predicted molar refractivity (Wildman–Crippen MR) is 90.1 cm³/mol. The van der Waals surface area contributed by atoms with Crippen LogP contribution < -0.4 is 16.4 Å². The molecular formula is C16H24ClN3O2. The third-order valence-electron chi connectivity index (χ3n) is 3.35. The van der Waals surface area contributed by atoms with Crippen LogP contribution in [0.5, 0.6) is 0 Å². The molecular weight excluding hydrogens is 302 g/mol. The van der Waals surface area contributed by atoms with E-state index in [-0.39, 0.29) is 23.8 Å². The van der Waals surface area contributed by atoms with Gasteiger partial charge in [0.1, 0.15) is 0 Å². The molecule has 1 rings (SSSR count). The number of halogens is 1. The average Bonchev–Trinajstić information content (AvgIpc) is 2.43. The van der Waals surface area contributed by atoms with Gasteiger partial charge in [-0.05, 0) is 31.0 Å². The first-order chi connectivity index (χ1) is 10.2. The van der Waals surface area contributed by atoms with Gasteiger partial charge in [-0.25, -0.2) is 0 Å². The standard InChI is InChI=1S/C16H24ClN3O2/c1-9(2)8-19-16(22)13-6-5-12(7-14(13)17)20-15(21)10(3)11(4)18/h5-7,9-11H,8,18H2,1-4H3,(H,19,22)(H,20,21). The third kappa shape index (κ3) is 5.31. The molecule has 1 aromatic rings. The van der Waals surface area contributed by atoms with Crippen molar-refractivity contribution in [1.82, 2.24) is 5.32 Å². The number of hydrogen-bond acceptors (Lipinski definition) is 3. The molecule has 0 radical (unpaired) electrons. The van der Waals surface area contributed by atoms with Gasteiger partial charge in [0.05, 0.1) is 16.5 Å². The van der Waals surface area contributed by atoms with Gasteiger partial charge >= 0.3 is 0 Å². The van der Waals surface area contributed by atoms with Gasteiger partial charge in [-0.3, -0.25) is 9.59 Å². The fourth-order valence-electron chi connectivity index (χ4n) is 1.66. The maximum absolute atomic E-state index is 12.0. The first kappa shape index (κ1) is 18.5. The Morgan fingerprint density at radius 1 is 1.23 bits per heavy atom. The fourth-order valence-corrected chi connectivity index (χ4v) is 1.93. The van der Waals surface area contributed by atoms with Gasteiger partial charge < -0.3 is 16.4 Å². The largest absolute Gasteiger partial charge is 0.352 e. The molecule has 2 amide bonds. The van der Waals surface area contributed by atoms with E-state index in [9.17, 15) is 9.59 Å². The van der Waals surface area contributed by atoms with E-state index >= 15 is 0 Å². The Hall–Kier alpha value is -1.59. The molecule has 0 aliphatic rings. The number of nitrogens with one attached hydrogen (secondary N) is 2. The van der Waals surface area contributed by atoms with Crippen molar-refractivity contribution >= 4 is 29.1 Å². The monoisotopic (exact) mass is 325 g/mol. The van der Waals surface area contributed by atoms with Crippen LogP contribution in [-0.4, -0.2) is 24.4 Å². The Morgan fingerprint density at radius 2 is 1.86 bits per heavy atom. The molecule has 0 aromatic heterocycles. The zero-order valence-electron chi connectivity index (χ0n) is 13.4. The summed E-state index contributed by atoms with van der Waals surface area (Å²) in [6, 6.07) is 4.58. The SMILES string of the molecule is CC(C)CNC(=O)c1ccc(NC(=O)C(C)C(C)N)cc1Cl. The molecule has 0 fully saturated rings. The Balaban J connectivity index is 2.77. The Labute approximate surface area is 136 Å². The summed E-state index contributed by atoms with van der Waals surface area (Å²) in [6.45, 7) is 8.15. The minimum Gasteiger partial charge on any atom is -0.352 e. The van der Waals surface area contributed by atoms with Crippen molar-refractivity contribution < 1.29 is 9.59 Å². The molecule has 122 valence electrons. The summed E-state index contributed by atoms with van der Waals surface area (Å²) in [7, 11) is 0. The number of rotatable bonds is 6. The van der Waals surface area contributed by atoms with Gasteiger partial charge in [-0.1, -0.05) is 32.4 Å². The lowest BCUT2D eigenvalue weighted by molar-refractivity contribution is -0.119. The first-order valence-corrected chi connectivity index (χ1v) is 7.74. The molecule has 2 unspecified atom stereocenters. The quantitative estimate of drug-likeness (QED) is 0.751. The lowest BCUT2D eigenvalue weighted by Crippen LogP contribution is -2.34. The van der Waals surface area contributed by atoms with Crippen LogP contribution in [0.3, 0.4) is 0 Å². The summed E-state index contributed by atoms with van der Waals surface area (Å²) < 4.78 is 0. The molecule has 22 heavy (non-hydrogen) atoms. The van der Waals surface area contributed by atoms with Gasteiger partial charge in [-0.15, -0.1) is 0 Å². The Kier molecular flexibility index (Phi) is 6.84. The molecule has 0 spiro atoms. The molecule has 1 aromatic carbocycles. The first-order valence-electron chi connectivity index (χ1n) is 7.36. The molecule has 0 bridgehead atoms. The van der Waals surface area contributed by atoms with E-state index in [4.69, 9.17) is 17.3 Å². The Bertz CT molecular complexity index is 544. The van der Waals surface area contributed by atoms with E-state index in [1.807, 2.05) is 13.8 Å². The zero-order valence-corrected chi connectivity index (χ0v) is 14.2. The van der Waals surface area contributed by atoms with Crippen LogP contribution in [0, 0.1) is 11.8 Å². The van der Waals surface area contributed by atoms with Crippen LogP contribution in [0.1, 0.15) is 38.1 Å². The van der Waals surface area contributed by atoms with Gasteiger partial charge in [0.25, 0.3) is 5.91 Å². The highest BCUT2D eigenvalue weighted by Crippen LogP contribution is 2.21. The van der Waals surface area contributed by atoms with Crippen LogP contribution >= 0.6 is 11.6 Å². The number of hydrogen-bond donors (Lipinski definition) is 3. The summed E-state index contributed by atoms with van der Waals surface area (Å²) in [4.78, 5) is 23.9. The molecule has 5 nitrogen and oxygen atoms in total. The molecule has 0 heterocycles. The highest BCUT2D eigenvalue weighted by Gasteiger charge is 2.18. The summed E-state index contributed by atoms with van der Waals surface area (Å²) in [5.74, 6) is -0.350.